The highest BCUT2D eigenvalue weighted by molar-refractivity contribution is 5.85. The van der Waals surface area contributed by atoms with E-state index in [0.717, 1.165) is 32.5 Å². The summed E-state index contributed by atoms with van der Waals surface area (Å²) in [6, 6.07) is 9.89. The van der Waals surface area contributed by atoms with Crippen LogP contribution in [0.3, 0.4) is 0 Å². The Bertz CT molecular complexity index is 1180. The molecule has 2 aromatic heterocycles. The number of alkyl halides is 2. The SMILES string of the molecule is Cc1ccccc1CN1CCN(C(=O)Cn2nc(C)c3c(C(F)F)cc(C4CC4)nc32)CC1. The molecular formula is C25H29F2N5O. The van der Waals surface area contributed by atoms with Gasteiger partial charge < -0.3 is 4.90 Å². The number of carbonyl (C=O) groups excluding carboxylic acids is 1. The van der Waals surface area contributed by atoms with Gasteiger partial charge in [0.05, 0.1) is 11.1 Å². The van der Waals surface area contributed by atoms with Crippen LogP contribution in [-0.4, -0.2) is 56.7 Å². The van der Waals surface area contributed by atoms with Gasteiger partial charge >= 0.3 is 0 Å². The second kappa shape index (κ2) is 8.82. The Kier molecular flexibility index (Phi) is 5.86. The molecule has 1 aromatic carbocycles. The number of rotatable bonds is 6. The van der Waals surface area contributed by atoms with Crippen LogP contribution >= 0.6 is 0 Å². The standard InChI is InChI=1S/C25H29F2N5O/c1-16-5-3-4-6-19(16)14-30-9-11-31(12-10-30)22(33)15-32-25-23(17(2)29-32)20(24(26)27)13-21(28-25)18-7-8-18/h3-6,13,18,24H,7-12,14-15H2,1-2H3. The van der Waals surface area contributed by atoms with Crippen molar-refractivity contribution in [2.45, 2.75) is 52.1 Å². The van der Waals surface area contributed by atoms with Crippen LogP contribution in [0.2, 0.25) is 0 Å². The fourth-order valence-electron chi connectivity index (χ4n) is 4.69. The van der Waals surface area contributed by atoms with E-state index in [9.17, 15) is 13.6 Å². The van der Waals surface area contributed by atoms with Gasteiger partial charge in [0.25, 0.3) is 6.43 Å². The molecule has 0 N–H and O–H groups in total. The van der Waals surface area contributed by atoms with Gasteiger partial charge in [-0.15, -0.1) is 0 Å². The second-order valence-electron chi connectivity index (χ2n) is 9.24. The van der Waals surface area contributed by atoms with Gasteiger partial charge in [0.15, 0.2) is 5.65 Å². The predicted octanol–water partition coefficient (Wildman–Crippen LogP) is 4.21. The lowest BCUT2D eigenvalue weighted by Crippen LogP contribution is -2.49. The number of aryl methyl sites for hydroxylation is 2. The van der Waals surface area contributed by atoms with Gasteiger partial charge in [-0.2, -0.15) is 5.10 Å². The number of carbonyl (C=O) groups is 1. The van der Waals surface area contributed by atoms with E-state index in [1.54, 1.807) is 6.92 Å². The van der Waals surface area contributed by atoms with Crippen molar-refractivity contribution in [3.63, 3.8) is 0 Å². The second-order valence-corrected chi connectivity index (χ2v) is 9.24. The topological polar surface area (TPSA) is 54.3 Å². The third-order valence-electron chi connectivity index (χ3n) is 6.82. The summed E-state index contributed by atoms with van der Waals surface area (Å²) in [5.41, 5.74) is 4.14. The molecule has 3 aromatic rings. The van der Waals surface area contributed by atoms with Gasteiger partial charge in [0, 0.05) is 49.9 Å². The zero-order valence-corrected chi connectivity index (χ0v) is 19.1. The zero-order chi connectivity index (χ0) is 23.1. The van der Waals surface area contributed by atoms with E-state index in [-0.39, 0.29) is 23.9 Å². The molecule has 5 rings (SSSR count). The van der Waals surface area contributed by atoms with Crippen LogP contribution < -0.4 is 0 Å². The summed E-state index contributed by atoms with van der Waals surface area (Å²) in [4.78, 5) is 21.9. The smallest absolute Gasteiger partial charge is 0.264 e. The number of aromatic nitrogens is 3. The molecule has 1 aliphatic heterocycles. The first-order valence-electron chi connectivity index (χ1n) is 11.6. The summed E-state index contributed by atoms with van der Waals surface area (Å²) < 4.78 is 29.1. The summed E-state index contributed by atoms with van der Waals surface area (Å²) >= 11 is 0. The normalized spacial score (nSPS) is 17.3. The minimum Gasteiger partial charge on any atom is -0.339 e. The monoisotopic (exact) mass is 453 g/mol. The number of amides is 1. The van der Waals surface area contributed by atoms with Gasteiger partial charge in [0.2, 0.25) is 5.91 Å². The zero-order valence-electron chi connectivity index (χ0n) is 19.1. The maximum absolute atomic E-state index is 13.8. The molecule has 2 aliphatic rings. The average molecular weight is 454 g/mol. The van der Waals surface area contributed by atoms with Crippen molar-refractivity contribution in [2.75, 3.05) is 26.2 Å². The highest BCUT2D eigenvalue weighted by atomic mass is 19.3. The first-order valence-corrected chi connectivity index (χ1v) is 11.6. The fraction of sp³-hybridized carbons (Fsp3) is 0.480. The van der Waals surface area contributed by atoms with Gasteiger partial charge in [-0.3, -0.25) is 9.69 Å². The molecule has 0 radical (unpaired) electrons. The molecule has 33 heavy (non-hydrogen) atoms. The summed E-state index contributed by atoms with van der Waals surface area (Å²) in [6.07, 6.45) is -0.651. The number of benzene rings is 1. The van der Waals surface area contributed by atoms with E-state index in [1.807, 2.05) is 11.0 Å². The molecule has 0 spiro atoms. The molecule has 0 unspecified atom stereocenters. The molecule has 1 saturated heterocycles. The molecule has 0 bridgehead atoms. The molecule has 1 saturated carbocycles. The number of pyridine rings is 1. The molecule has 1 amide bonds. The molecular weight excluding hydrogens is 424 g/mol. The average Bonchev–Trinajstić information content (AvgIpc) is 3.60. The van der Waals surface area contributed by atoms with Crippen LogP contribution in [-0.2, 0) is 17.9 Å². The van der Waals surface area contributed by atoms with E-state index < -0.39 is 6.43 Å². The lowest BCUT2D eigenvalue weighted by molar-refractivity contribution is -0.133. The lowest BCUT2D eigenvalue weighted by atomic mass is 10.1. The van der Waals surface area contributed by atoms with Gasteiger partial charge in [-0.25, -0.2) is 18.4 Å². The van der Waals surface area contributed by atoms with Crippen LogP contribution in [0.15, 0.2) is 30.3 Å². The molecule has 3 heterocycles. The highest BCUT2D eigenvalue weighted by Crippen LogP contribution is 2.41. The number of piperazine rings is 1. The lowest BCUT2D eigenvalue weighted by Gasteiger charge is -2.35. The van der Waals surface area contributed by atoms with Crippen LogP contribution in [0.1, 0.15) is 53.3 Å². The van der Waals surface area contributed by atoms with Crippen molar-refractivity contribution < 1.29 is 13.6 Å². The summed E-state index contributed by atoms with van der Waals surface area (Å²) in [7, 11) is 0. The predicted molar refractivity (Wildman–Crippen MR) is 122 cm³/mol. The van der Waals surface area contributed by atoms with E-state index in [0.29, 0.717) is 35.5 Å². The molecule has 0 atom stereocenters. The van der Waals surface area contributed by atoms with E-state index in [2.05, 4.69) is 40.1 Å². The van der Waals surface area contributed by atoms with Gasteiger partial charge in [-0.1, -0.05) is 24.3 Å². The highest BCUT2D eigenvalue weighted by Gasteiger charge is 2.30. The molecule has 174 valence electrons. The summed E-state index contributed by atoms with van der Waals surface area (Å²) in [5.74, 6) is 0.194. The summed E-state index contributed by atoms with van der Waals surface area (Å²) in [5, 5.41) is 4.81. The largest absolute Gasteiger partial charge is 0.339 e. The van der Waals surface area contributed by atoms with Gasteiger partial charge in [-0.05, 0) is 43.9 Å². The van der Waals surface area contributed by atoms with Crippen molar-refractivity contribution in [3.8, 4) is 0 Å². The van der Waals surface area contributed by atoms with E-state index in [4.69, 9.17) is 0 Å². The first kappa shape index (κ1) is 21.9. The van der Waals surface area contributed by atoms with Crippen LogP contribution in [0.4, 0.5) is 8.78 Å². The maximum atomic E-state index is 13.8. The summed E-state index contributed by atoms with van der Waals surface area (Å²) in [6.45, 7) is 7.62. The van der Waals surface area contributed by atoms with Crippen molar-refractivity contribution >= 4 is 16.9 Å². The quantitative estimate of drug-likeness (QED) is 0.561. The fourth-order valence-corrected chi connectivity index (χ4v) is 4.69. The molecule has 6 nitrogen and oxygen atoms in total. The Morgan fingerprint density at radius 3 is 2.52 bits per heavy atom. The Labute approximate surface area is 192 Å². The molecule has 2 fully saturated rings. The number of hydrogen-bond acceptors (Lipinski definition) is 4. The maximum Gasteiger partial charge on any atom is 0.264 e. The molecule has 1 aliphatic carbocycles. The van der Waals surface area contributed by atoms with Gasteiger partial charge in [0.1, 0.15) is 6.54 Å². The third-order valence-corrected chi connectivity index (χ3v) is 6.82. The third kappa shape index (κ3) is 4.49. The Morgan fingerprint density at radius 2 is 1.85 bits per heavy atom. The van der Waals surface area contributed by atoms with Crippen molar-refractivity contribution in [2.24, 2.45) is 0 Å². The Morgan fingerprint density at radius 1 is 1.12 bits per heavy atom. The first-order chi connectivity index (χ1) is 15.9. The Balaban J connectivity index is 1.29. The number of fused-ring (bicyclic) bond motifs is 1. The number of nitrogens with zero attached hydrogens (tertiary/aromatic N) is 5. The van der Waals surface area contributed by atoms with E-state index in [1.165, 1.54) is 21.9 Å². The van der Waals surface area contributed by atoms with E-state index >= 15 is 0 Å². The van der Waals surface area contributed by atoms with Crippen molar-refractivity contribution in [1.82, 2.24) is 24.6 Å². The minimum absolute atomic E-state index is 0.0198. The van der Waals surface area contributed by atoms with Crippen LogP contribution in [0, 0.1) is 13.8 Å². The number of hydrogen-bond donors (Lipinski definition) is 0. The van der Waals surface area contributed by atoms with Crippen molar-refractivity contribution in [1.29, 1.82) is 0 Å². The molecule has 8 heteroatoms. The Hall–Kier alpha value is -2.87. The van der Waals surface area contributed by atoms with Crippen LogP contribution in [0.5, 0.6) is 0 Å². The minimum atomic E-state index is -2.60. The van der Waals surface area contributed by atoms with Crippen LogP contribution in [0.25, 0.3) is 11.0 Å². The van der Waals surface area contributed by atoms with Crippen molar-refractivity contribution in [3.05, 3.63) is 58.4 Å². The number of halogens is 2.